The summed E-state index contributed by atoms with van der Waals surface area (Å²) in [6.45, 7) is 5.63. The Morgan fingerprint density at radius 1 is 1.53 bits per heavy atom. The monoisotopic (exact) mass is 242 g/mol. The minimum absolute atomic E-state index is 0.249. The van der Waals surface area contributed by atoms with E-state index >= 15 is 0 Å². The lowest BCUT2D eigenvalue weighted by Gasteiger charge is -2.27. The first-order chi connectivity index (χ1) is 8.13. The first-order valence-electron chi connectivity index (χ1n) is 6.77. The Kier molecular flexibility index (Phi) is 6.52. The van der Waals surface area contributed by atoms with Gasteiger partial charge in [-0.2, -0.15) is 0 Å². The summed E-state index contributed by atoms with van der Waals surface area (Å²) < 4.78 is 5.83. The zero-order chi connectivity index (χ0) is 12.7. The Morgan fingerprint density at radius 2 is 2.29 bits per heavy atom. The molecule has 0 heterocycles. The van der Waals surface area contributed by atoms with Crippen LogP contribution in [0, 0.1) is 5.92 Å². The number of amides is 1. The number of rotatable bonds is 7. The molecule has 1 aliphatic carbocycles. The predicted molar refractivity (Wildman–Crippen MR) is 68.6 cm³/mol. The van der Waals surface area contributed by atoms with Crippen molar-refractivity contribution in [3.8, 4) is 0 Å². The van der Waals surface area contributed by atoms with E-state index < -0.39 is 0 Å². The number of primary amides is 1. The highest BCUT2D eigenvalue weighted by atomic mass is 16.5. The van der Waals surface area contributed by atoms with Crippen LogP contribution < -0.4 is 11.1 Å². The fourth-order valence-electron chi connectivity index (χ4n) is 2.47. The summed E-state index contributed by atoms with van der Waals surface area (Å²) in [7, 11) is 0. The Bertz CT molecular complexity index is 233. The summed E-state index contributed by atoms with van der Waals surface area (Å²) in [6, 6.07) is -0.249. The molecule has 100 valence electrons. The van der Waals surface area contributed by atoms with Crippen LogP contribution in [0.1, 0.15) is 46.0 Å². The van der Waals surface area contributed by atoms with E-state index in [4.69, 9.17) is 10.5 Å². The maximum atomic E-state index is 11.1. The van der Waals surface area contributed by atoms with Crippen LogP contribution in [0.25, 0.3) is 0 Å². The summed E-state index contributed by atoms with van der Waals surface area (Å²) in [5.74, 6) is 0.488. The molecule has 0 saturated heterocycles. The van der Waals surface area contributed by atoms with Gasteiger partial charge in [0.1, 0.15) is 0 Å². The molecule has 4 nitrogen and oxygen atoms in total. The standard InChI is InChI=1S/C13H26N2O2/c1-3-15-12(13(14)16)7-8-17-11-6-4-5-10(2)9-11/h10-12,15H,3-9H2,1-2H3,(H2,14,16). The second kappa shape index (κ2) is 7.67. The maximum absolute atomic E-state index is 11.1. The van der Waals surface area contributed by atoms with Crippen LogP contribution in [-0.2, 0) is 9.53 Å². The van der Waals surface area contributed by atoms with Crippen molar-refractivity contribution in [3.63, 3.8) is 0 Å². The van der Waals surface area contributed by atoms with E-state index in [2.05, 4.69) is 12.2 Å². The van der Waals surface area contributed by atoms with Gasteiger partial charge in [0.2, 0.25) is 5.91 Å². The predicted octanol–water partition coefficient (Wildman–Crippen LogP) is 1.44. The molecule has 1 saturated carbocycles. The Hall–Kier alpha value is -0.610. The minimum atomic E-state index is -0.285. The fourth-order valence-corrected chi connectivity index (χ4v) is 2.47. The molecule has 0 radical (unpaired) electrons. The zero-order valence-electron chi connectivity index (χ0n) is 11.1. The van der Waals surface area contributed by atoms with E-state index in [9.17, 15) is 4.79 Å². The van der Waals surface area contributed by atoms with Gasteiger partial charge >= 0.3 is 0 Å². The maximum Gasteiger partial charge on any atom is 0.234 e. The number of likely N-dealkylation sites (N-methyl/N-ethyl adjacent to an activating group) is 1. The van der Waals surface area contributed by atoms with Crippen LogP contribution in [0.4, 0.5) is 0 Å². The molecule has 0 aliphatic heterocycles. The third-order valence-corrected chi connectivity index (χ3v) is 3.44. The van der Waals surface area contributed by atoms with Crippen LogP contribution >= 0.6 is 0 Å². The molecule has 0 bridgehead atoms. The Morgan fingerprint density at radius 3 is 2.88 bits per heavy atom. The third kappa shape index (κ3) is 5.50. The van der Waals surface area contributed by atoms with Gasteiger partial charge < -0.3 is 15.8 Å². The molecule has 0 aromatic heterocycles. The Labute approximate surface area is 104 Å². The van der Waals surface area contributed by atoms with Gasteiger partial charge in [-0.3, -0.25) is 4.79 Å². The van der Waals surface area contributed by atoms with E-state index in [0.717, 1.165) is 25.3 Å². The van der Waals surface area contributed by atoms with E-state index in [1.807, 2.05) is 6.92 Å². The van der Waals surface area contributed by atoms with E-state index in [1.165, 1.54) is 12.8 Å². The zero-order valence-corrected chi connectivity index (χ0v) is 11.1. The average molecular weight is 242 g/mol. The molecular weight excluding hydrogens is 216 g/mol. The third-order valence-electron chi connectivity index (χ3n) is 3.44. The van der Waals surface area contributed by atoms with Crippen molar-refractivity contribution in [3.05, 3.63) is 0 Å². The summed E-state index contributed by atoms with van der Waals surface area (Å²) >= 11 is 0. The molecule has 0 aromatic carbocycles. The van der Waals surface area contributed by atoms with Gasteiger partial charge in [-0.1, -0.05) is 26.7 Å². The quantitative estimate of drug-likeness (QED) is 0.710. The Balaban J connectivity index is 2.18. The van der Waals surface area contributed by atoms with Crippen molar-refractivity contribution in [1.82, 2.24) is 5.32 Å². The van der Waals surface area contributed by atoms with Gasteiger partial charge in [-0.05, 0) is 31.7 Å². The molecule has 3 atom stereocenters. The summed E-state index contributed by atoms with van der Waals surface area (Å²) in [5.41, 5.74) is 5.31. The molecule has 4 heteroatoms. The normalized spacial score (nSPS) is 26.7. The van der Waals surface area contributed by atoms with Gasteiger partial charge in [-0.15, -0.1) is 0 Å². The average Bonchev–Trinajstić information content (AvgIpc) is 2.28. The van der Waals surface area contributed by atoms with Crippen molar-refractivity contribution < 1.29 is 9.53 Å². The van der Waals surface area contributed by atoms with Gasteiger partial charge in [0.05, 0.1) is 12.1 Å². The van der Waals surface area contributed by atoms with Gasteiger partial charge in [0.15, 0.2) is 0 Å². The van der Waals surface area contributed by atoms with Crippen molar-refractivity contribution >= 4 is 5.91 Å². The van der Waals surface area contributed by atoms with E-state index in [-0.39, 0.29) is 11.9 Å². The van der Waals surface area contributed by atoms with Crippen molar-refractivity contribution in [2.24, 2.45) is 11.7 Å². The molecule has 0 aromatic rings. The van der Waals surface area contributed by atoms with Crippen molar-refractivity contribution in [2.75, 3.05) is 13.2 Å². The molecular formula is C13H26N2O2. The van der Waals surface area contributed by atoms with Crippen molar-refractivity contribution in [2.45, 2.75) is 58.1 Å². The van der Waals surface area contributed by atoms with Crippen LogP contribution in [0.5, 0.6) is 0 Å². The lowest BCUT2D eigenvalue weighted by atomic mass is 9.89. The number of carbonyl (C=O) groups excluding carboxylic acids is 1. The number of hydrogen-bond donors (Lipinski definition) is 2. The van der Waals surface area contributed by atoms with Crippen molar-refractivity contribution in [1.29, 1.82) is 0 Å². The second-order valence-corrected chi connectivity index (χ2v) is 5.07. The largest absolute Gasteiger partial charge is 0.378 e. The molecule has 0 spiro atoms. The molecule has 1 aliphatic rings. The second-order valence-electron chi connectivity index (χ2n) is 5.07. The van der Waals surface area contributed by atoms with E-state index in [1.54, 1.807) is 0 Å². The van der Waals surface area contributed by atoms with Crippen LogP contribution in [0.15, 0.2) is 0 Å². The van der Waals surface area contributed by atoms with Gasteiger partial charge in [0.25, 0.3) is 0 Å². The number of nitrogens with two attached hydrogens (primary N) is 1. The number of hydrogen-bond acceptors (Lipinski definition) is 3. The number of nitrogens with one attached hydrogen (secondary N) is 1. The first-order valence-corrected chi connectivity index (χ1v) is 6.77. The van der Waals surface area contributed by atoms with Crippen LogP contribution in [0.3, 0.4) is 0 Å². The minimum Gasteiger partial charge on any atom is -0.378 e. The number of carbonyl (C=O) groups is 1. The van der Waals surface area contributed by atoms with Gasteiger partial charge in [-0.25, -0.2) is 0 Å². The molecule has 3 N–H and O–H groups in total. The number of ether oxygens (including phenoxy) is 1. The van der Waals surface area contributed by atoms with E-state index in [0.29, 0.717) is 19.1 Å². The van der Waals surface area contributed by atoms with Crippen LogP contribution in [-0.4, -0.2) is 31.2 Å². The topological polar surface area (TPSA) is 64.3 Å². The summed E-state index contributed by atoms with van der Waals surface area (Å²) in [6.07, 6.45) is 5.96. The molecule has 1 amide bonds. The molecule has 17 heavy (non-hydrogen) atoms. The SMILES string of the molecule is CCNC(CCOC1CCCC(C)C1)C(N)=O. The summed E-state index contributed by atoms with van der Waals surface area (Å²) in [4.78, 5) is 11.1. The summed E-state index contributed by atoms with van der Waals surface area (Å²) in [5, 5.41) is 3.07. The molecule has 1 rings (SSSR count). The highest BCUT2D eigenvalue weighted by Crippen LogP contribution is 2.25. The van der Waals surface area contributed by atoms with Gasteiger partial charge in [0, 0.05) is 6.61 Å². The lowest BCUT2D eigenvalue weighted by Crippen LogP contribution is -2.42. The smallest absolute Gasteiger partial charge is 0.234 e. The first kappa shape index (κ1) is 14.5. The highest BCUT2D eigenvalue weighted by Gasteiger charge is 2.20. The van der Waals surface area contributed by atoms with Crippen LogP contribution in [0.2, 0.25) is 0 Å². The fraction of sp³-hybridized carbons (Fsp3) is 0.923. The lowest BCUT2D eigenvalue weighted by molar-refractivity contribution is -0.120. The molecule has 1 fully saturated rings. The highest BCUT2D eigenvalue weighted by molar-refractivity contribution is 5.79. The molecule has 3 unspecified atom stereocenters.